The lowest BCUT2D eigenvalue weighted by Gasteiger charge is -2.21. The Balaban J connectivity index is 2.84. The number of carbonyl (C=O) groups excluding carboxylic acids is 1. The highest BCUT2D eigenvalue weighted by atomic mass is 32.2. The van der Waals surface area contributed by atoms with Crippen LogP contribution in [0.15, 0.2) is 23.1 Å². The first kappa shape index (κ1) is 11.1. The van der Waals surface area contributed by atoms with E-state index in [-0.39, 0.29) is 15.9 Å². The van der Waals surface area contributed by atoms with Gasteiger partial charge in [-0.3, -0.25) is 4.79 Å². The second-order valence-electron chi connectivity index (χ2n) is 4.87. The number of rotatable bonds is 0. The molecule has 0 aliphatic carbocycles. The fourth-order valence-corrected chi connectivity index (χ4v) is 3.39. The van der Waals surface area contributed by atoms with Gasteiger partial charge in [0.2, 0.25) is 0 Å². The maximum Gasteiger partial charge on any atom is 0.266 e. The van der Waals surface area contributed by atoms with Gasteiger partial charge in [0.05, 0.1) is 5.56 Å². The number of sulfonamides is 1. The van der Waals surface area contributed by atoms with Crippen molar-refractivity contribution in [2.24, 2.45) is 0 Å². The molecule has 0 aromatic heterocycles. The number of nitrogens with one attached hydrogen (secondary N) is 1. The molecule has 1 aliphatic heterocycles. The van der Waals surface area contributed by atoms with Crippen LogP contribution >= 0.6 is 0 Å². The molecule has 1 N–H and O–H groups in total. The van der Waals surface area contributed by atoms with Gasteiger partial charge < -0.3 is 0 Å². The molecule has 0 fully saturated rings. The maximum atomic E-state index is 11.8. The first-order chi connectivity index (χ1) is 7.23. The second kappa shape index (κ2) is 3.07. The van der Waals surface area contributed by atoms with Crippen LogP contribution in [-0.2, 0) is 15.4 Å². The Kier molecular flexibility index (Phi) is 2.14. The number of hydrogen-bond donors (Lipinski definition) is 1. The minimum atomic E-state index is -3.67. The van der Waals surface area contributed by atoms with E-state index >= 15 is 0 Å². The van der Waals surface area contributed by atoms with Crippen LogP contribution in [0.1, 0.15) is 36.7 Å². The van der Waals surface area contributed by atoms with Crippen molar-refractivity contribution in [3.63, 3.8) is 0 Å². The fraction of sp³-hybridized carbons (Fsp3) is 0.364. The van der Waals surface area contributed by atoms with Crippen molar-refractivity contribution in [2.75, 3.05) is 0 Å². The molecule has 0 radical (unpaired) electrons. The van der Waals surface area contributed by atoms with Gasteiger partial charge in [-0.1, -0.05) is 32.9 Å². The lowest BCUT2D eigenvalue weighted by Crippen LogP contribution is -2.22. The van der Waals surface area contributed by atoms with E-state index in [1.165, 1.54) is 6.07 Å². The number of benzene rings is 1. The third kappa shape index (κ3) is 1.51. The van der Waals surface area contributed by atoms with E-state index in [1.54, 1.807) is 12.1 Å². The van der Waals surface area contributed by atoms with Crippen molar-refractivity contribution >= 4 is 15.9 Å². The van der Waals surface area contributed by atoms with Crippen LogP contribution in [0, 0.1) is 0 Å². The van der Waals surface area contributed by atoms with Crippen LogP contribution in [0.3, 0.4) is 0 Å². The SMILES string of the molecule is CC(C)(C)c1cccc2c1S(=O)(=O)NC2=O. The number of carbonyl (C=O) groups is 1. The van der Waals surface area contributed by atoms with Gasteiger partial charge in [0, 0.05) is 0 Å². The molecule has 86 valence electrons. The van der Waals surface area contributed by atoms with E-state index in [0.717, 1.165) is 0 Å². The summed E-state index contributed by atoms with van der Waals surface area (Å²) in [4.78, 5) is 11.6. The van der Waals surface area contributed by atoms with Crippen LogP contribution in [0.25, 0.3) is 0 Å². The summed E-state index contributed by atoms with van der Waals surface area (Å²) in [5, 5.41) is 0. The molecule has 1 amide bonds. The minimum Gasteiger partial charge on any atom is -0.268 e. The van der Waals surface area contributed by atoms with E-state index in [1.807, 2.05) is 25.5 Å². The summed E-state index contributed by atoms with van der Waals surface area (Å²) in [6, 6.07) is 4.99. The van der Waals surface area contributed by atoms with Crippen molar-refractivity contribution in [3.8, 4) is 0 Å². The maximum absolute atomic E-state index is 11.8. The van der Waals surface area contributed by atoms with Crippen LogP contribution in [-0.4, -0.2) is 14.3 Å². The third-order valence-corrected chi connectivity index (χ3v) is 3.99. The lowest BCUT2D eigenvalue weighted by atomic mass is 9.86. The van der Waals surface area contributed by atoms with Crippen molar-refractivity contribution < 1.29 is 13.2 Å². The second-order valence-corrected chi connectivity index (χ2v) is 6.49. The average Bonchev–Trinajstić information content (AvgIpc) is 2.36. The molecule has 0 saturated heterocycles. The Labute approximate surface area is 94.7 Å². The van der Waals surface area contributed by atoms with Crippen LogP contribution in [0.4, 0.5) is 0 Å². The molecule has 1 aromatic carbocycles. The normalized spacial score (nSPS) is 18.1. The lowest BCUT2D eigenvalue weighted by molar-refractivity contribution is 0.0985. The zero-order valence-corrected chi connectivity index (χ0v) is 10.2. The van der Waals surface area contributed by atoms with E-state index in [4.69, 9.17) is 0 Å². The summed E-state index contributed by atoms with van der Waals surface area (Å²) in [6.07, 6.45) is 0. The quantitative estimate of drug-likeness (QED) is 0.744. The smallest absolute Gasteiger partial charge is 0.266 e. The molecular formula is C11H13NO3S. The van der Waals surface area contributed by atoms with E-state index < -0.39 is 15.9 Å². The topological polar surface area (TPSA) is 63.2 Å². The summed E-state index contributed by atoms with van der Waals surface area (Å²) >= 11 is 0. The zero-order chi connectivity index (χ0) is 12.1. The minimum absolute atomic E-state index is 0.132. The fourth-order valence-electron chi connectivity index (χ4n) is 1.82. The zero-order valence-electron chi connectivity index (χ0n) is 9.37. The summed E-state index contributed by atoms with van der Waals surface area (Å²) in [5.74, 6) is -0.541. The monoisotopic (exact) mass is 239 g/mol. The summed E-state index contributed by atoms with van der Waals surface area (Å²) in [5.41, 5.74) is 0.598. The predicted octanol–water partition coefficient (Wildman–Crippen LogP) is 1.42. The molecule has 4 nitrogen and oxygen atoms in total. The summed E-state index contributed by atoms with van der Waals surface area (Å²) in [7, 11) is -3.67. The molecule has 5 heteroatoms. The van der Waals surface area contributed by atoms with Crippen LogP contribution in [0.2, 0.25) is 0 Å². The Hall–Kier alpha value is -1.36. The molecule has 0 spiro atoms. The van der Waals surface area contributed by atoms with E-state index in [2.05, 4.69) is 0 Å². The Morgan fingerprint density at radius 3 is 2.38 bits per heavy atom. The van der Waals surface area contributed by atoms with Gasteiger partial charge in [-0.2, -0.15) is 0 Å². The molecule has 1 heterocycles. The number of amides is 1. The van der Waals surface area contributed by atoms with Crippen LogP contribution in [0.5, 0.6) is 0 Å². The molecule has 0 saturated carbocycles. The Morgan fingerprint density at radius 1 is 1.19 bits per heavy atom. The Bertz CT molecular complexity index is 567. The van der Waals surface area contributed by atoms with Gasteiger partial charge in [0.1, 0.15) is 4.90 Å². The molecule has 1 aliphatic rings. The molecule has 0 atom stereocenters. The van der Waals surface area contributed by atoms with Crippen LogP contribution < -0.4 is 4.72 Å². The van der Waals surface area contributed by atoms with E-state index in [0.29, 0.717) is 5.56 Å². The molecule has 0 unspecified atom stereocenters. The summed E-state index contributed by atoms with van der Waals surface area (Å²) < 4.78 is 25.6. The van der Waals surface area contributed by atoms with Gasteiger partial charge in [0.15, 0.2) is 0 Å². The molecule has 16 heavy (non-hydrogen) atoms. The van der Waals surface area contributed by atoms with Gasteiger partial charge in [0.25, 0.3) is 15.9 Å². The van der Waals surface area contributed by atoms with Crippen molar-refractivity contribution in [1.82, 2.24) is 4.72 Å². The van der Waals surface area contributed by atoms with Gasteiger partial charge >= 0.3 is 0 Å². The highest BCUT2D eigenvalue weighted by Gasteiger charge is 2.37. The Morgan fingerprint density at radius 2 is 1.81 bits per heavy atom. The number of hydrogen-bond acceptors (Lipinski definition) is 3. The molecule has 0 bridgehead atoms. The van der Waals surface area contributed by atoms with Gasteiger partial charge in [-0.25, -0.2) is 13.1 Å². The average molecular weight is 239 g/mol. The van der Waals surface area contributed by atoms with E-state index in [9.17, 15) is 13.2 Å². The third-order valence-electron chi connectivity index (χ3n) is 2.56. The van der Waals surface area contributed by atoms with Crippen molar-refractivity contribution in [3.05, 3.63) is 29.3 Å². The van der Waals surface area contributed by atoms with Gasteiger partial charge in [-0.15, -0.1) is 0 Å². The predicted molar refractivity (Wildman–Crippen MR) is 59.8 cm³/mol. The first-order valence-corrected chi connectivity index (χ1v) is 6.42. The first-order valence-electron chi connectivity index (χ1n) is 4.94. The highest BCUT2D eigenvalue weighted by Crippen LogP contribution is 2.33. The largest absolute Gasteiger partial charge is 0.268 e. The highest BCUT2D eigenvalue weighted by molar-refractivity contribution is 7.90. The van der Waals surface area contributed by atoms with Crippen molar-refractivity contribution in [1.29, 1.82) is 0 Å². The molecular weight excluding hydrogens is 226 g/mol. The molecule has 2 rings (SSSR count). The summed E-state index contributed by atoms with van der Waals surface area (Å²) in [6.45, 7) is 5.75. The molecule has 1 aromatic rings. The number of fused-ring (bicyclic) bond motifs is 1. The van der Waals surface area contributed by atoms with Crippen molar-refractivity contribution in [2.45, 2.75) is 31.1 Å². The standard InChI is InChI=1S/C11H13NO3S/c1-11(2,3)8-6-4-5-7-9(8)16(14,15)12-10(7)13/h4-6H,1-3H3,(H,12,13). The van der Waals surface area contributed by atoms with Gasteiger partial charge in [-0.05, 0) is 17.0 Å².